The third-order valence-corrected chi connectivity index (χ3v) is 3.11. The first-order valence-electron chi connectivity index (χ1n) is 7.19. The van der Waals surface area contributed by atoms with Gasteiger partial charge in [0.05, 0.1) is 6.04 Å². The van der Waals surface area contributed by atoms with Crippen LogP contribution in [-0.4, -0.2) is 22.5 Å². The standard InChI is InChI=1S/C17H26FNO2/c1-16(2,3)15(21)13(19-17(4,5)6)10-11-7-8-14(20)12(18)9-11/h7-9,13,19-20H,10H2,1-6H3. The third-order valence-electron chi connectivity index (χ3n) is 3.11. The number of carbonyl (C=O) groups excluding carboxylic acids is 1. The van der Waals surface area contributed by atoms with Crippen LogP contribution in [0.15, 0.2) is 18.2 Å². The fourth-order valence-corrected chi connectivity index (χ4v) is 2.17. The highest BCUT2D eigenvalue weighted by Gasteiger charge is 2.32. The van der Waals surface area contributed by atoms with Gasteiger partial charge in [-0.15, -0.1) is 0 Å². The van der Waals surface area contributed by atoms with E-state index in [1.165, 1.54) is 12.1 Å². The Labute approximate surface area is 126 Å². The molecule has 0 radical (unpaired) electrons. The Hall–Kier alpha value is -1.42. The van der Waals surface area contributed by atoms with E-state index in [1.807, 2.05) is 41.5 Å². The zero-order valence-electron chi connectivity index (χ0n) is 13.7. The summed E-state index contributed by atoms with van der Waals surface area (Å²) in [6.45, 7) is 11.6. The van der Waals surface area contributed by atoms with Crippen LogP contribution in [0.3, 0.4) is 0 Å². The number of hydrogen-bond acceptors (Lipinski definition) is 3. The minimum absolute atomic E-state index is 0.0888. The predicted molar refractivity (Wildman–Crippen MR) is 82.9 cm³/mol. The number of phenols is 1. The van der Waals surface area contributed by atoms with Crippen molar-refractivity contribution in [3.8, 4) is 5.75 Å². The summed E-state index contributed by atoms with van der Waals surface area (Å²) in [6.07, 6.45) is 0.393. The summed E-state index contributed by atoms with van der Waals surface area (Å²) in [7, 11) is 0. The van der Waals surface area contributed by atoms with Crippen LogP contribution in [0, 0.1) is 11.2 Å². The van der Waals surface area contributed by atoms with E-state index in [4.69, 9.17) is 0 Å². The lowest BCUT2D eigenvalue weighted by Crippen LogP contribution is -2.51. The molecule has 0 amide bonds. The molecule has 21 heavy (non-hydrogen) atoms. The summed E-state index contributed by atoms with van der Waals surface area (Å²) in [5.74, 6) is -0.947. The van der Waals surface area contributed by atoms with Crippen LogP contribution in [0.25, 0.3) is 0 Å². The highest BCUT2D eigenvalue weighted by molar-refractivity contribution is 5.89. The summed E-state index contributed by atoms with van der Waals surface area (Å²) in [5, 5.41) is 12.6. The number of phenolic OH excluding ortho intramolecular Hbond substituents is 1. The molecule has 0 aliphatic carbocycles. The first kappa shape index (κ1) is 17.6. The van der Waals surface area contributed by atoms with Crippen molar-refractivity contribution in [1.29, 1.82) is 0 Å². The Balaban J connectivity index is 3.01. The monoisotopic (exact) mass is 295 g/mol. The topological polar surface area (TPSA) is 49.3 Å². The molecule has 1 aromatic carbocycles. The average molecular weight is 295 g/mol. The van der Waals surface area contributed by atoms with E-state index in [0.717, 1.165) is 0 Å². The van der Waals surface area contributed by atoms with Gasteiger partial charge in [0.25, 0.3) is 0 Å². The van der Waals surface area contributed by atoms with Gasteiger partial charge in [-0.25, -0.2) is 4.39 Å². The normalized spacial score (nSPS) is 14.0. The SMILES string of the molecule is CC(C)(C)NC(Cc1ccc(O)c(F)c1)C(=O)C(C)(C)C. The molecule has 0 saturated heterocycles. The number of ketones is 1. The molecule has 4 heteroatoms. The van der Waals surface area contributed by atoms with Gasteiger partial charge in [-0.05, 0) is 44.9 Å². The van der Waals surface area contributed by atoms with E-state index in [2.05, 4.69) is 5.32 Å². The third kappa shape index (κ3) is 5.46. The second-order valence-corrected chi connectivity index (χ2v) is 7.55. The van der Waals surface area contributed by atoms with Crippen LogP contribution in [0.1, 0.15) is 47.1 Å². The fourth-order valence-electron chi connectivity index (χ4n) is 2.17. The maximum Gasteiger partial charge on any atom is 0.165 e. The van der Waals surface area contributed by atoms with Gasteiger partial charge < -0.3 is 10.4 Å². The van der Waals surface area contributed by atoms with Crippen molar-refractivity contribution in [2.45, 2.75) is 59.5 Å². The molecule has 0 aliphatic heterocycles. The van der Waals surface area contributed by atoms with E-state index >= 15 is 0 Å². The number of carbonyl (C=O) groups is 1. The van der Waals surface area contributed by atoms with E-state index < -0.39 is 17.3 Å². The molecule has 0 aliphatic rings. The Kier molecular flexibility index (Phi) is 5.16. The number of Topliss-reactive ketones (excluding diaryl/α,β-unsaturated/α-hetero) is 1. The van der Waals surface area contributed by atoms with Crippen molar-refractivity contribution < 1.29 is 14.3 Å². The smallest absolute Gasteiger partial charge is 0.165 e. The van der Waals surface area contributed by atoms with Gasteiger partial charge in [0.15, 0.2) is 17.3 Å². The lowest BCUT2D eigenvalue weighted by molar-refractivity contribution is -0.128. The van der Waals surface area contributed by atoms with Crippen molar-refractivity contribution in [2.24, 2.45) is 5.41 Å². The van der Waals surface area contributed by atoms with Crippen molar-refractivity contribution in [3.05, 3.63) is 29.6 Å². The van der Waals surface area contributed by atoms with Crippen LogP contribution >= 0.6 is 0 Å². The van der Waals surface area contributed by atoms with Gasteiger partial charge in [-0.1, -0.05) is 26.8 Å². The minimum Gasteiger partial charge on any atom is -0.505 e. The Morgan fingerprint density at radius 3 is 2.24 bits per heavy atom. The molecule has 1 aromatic rings. The quantitative estimate of drug-likeness (QED) is 0.894. The van der Waals surface area contributed by atoms with Crippen molar-refractivity contribution >= 4 is 5.78 Å². The van der Waals surface area contributed by atoms with Crippen LogP contribution in [0.4, 0.5) is 4.39 Å². The zero-order valence-corrected chi connectivity index (χ0v) is 13.7. The molecule has 2 N–H and O–H groups in total. The molecule has 0 spiro atoms. The van der Waals surface area contributed by atoms with Gasteiger partial charge >= 0.3 is 0 Å². The molecule has 0 bridgehead atoms. The number of halogens is 1. The molecule has 0 aromatic heterocycles. The van der Waals surface area contributed by atoms with Crippen molar-refractivity contribution in [2.75, 3.05) is 0 Å². The highest BCUT2D eigenvalue weighted by atomic mass is 19.1. The van der Waals surface area contributed by atoms with Crippen LogP contribution < -0.4 is 5.32 Å². The molecule has 1 atom stereocenters. The zero-order chi connectivity index (χ0) is 16.4. The molecule has 0 saturated carbocycles. The van der Waals surface area contributed by atoms with Crippen LogP contribution in [0.5, 0.6) is 5.75 Å². The van der Waals surface area contributed by atoms with E-state index in [9.17, 15) is 14.3 Å². The first-order valence-corrected chi connectivity index (χ1v) is 7.19. The first-order chi connectivity index (χ1) is 9.40. The lowest BCUT2D eigenvalue weighted by Gasteiger charge is -2.32. The fraction of sp³-hybridized carbons (Fsp3) is 0.588. The maximum absolute atomic E-state index is 13.4. The van der Waals surface area contributed by atoms with Crippen LogP contribution in [-0.2, 0) is 11.2 Å². The highest BCUT2D eigenvalue weighted by Crippen LogP contribution is 2.22. The maximum atomic E-state index is 13.4. The van der Waals surface area contributed by atoms with Gasteiger partial charge in [-0.3, -0.25) is 4.79 Å². The Morgan fingerprint density at radius 1 is 1.24 bits per heavy atom. The second kappa shape index (κ2) is 6.14. The molecular formula is C17H26FNO2. The van der Waals surface area contributed by atoms with Crippen LogP contribution in [0.2, 0.25) is 0 Å². The van der Waals surface area contributed by atoms with Crippen molar-refractivity contribution in [1.82, 2.24) is 5.32 Å². The van der Waals surface area contributed by atoms with E-state index in [-0.39, 0.29) is 17.1 Å². The Morgan fingerprint density at radius 2 is 1.81 bits per heavy atom. The van der Waals surface area contributed by atoms with E-state index in [1.54, 1.807) is 6.07 Å². The summed E-state index contributed by atoms with van der Waals surface area (Å²) < 4.78 is 13.4. The summed E-state index contributed by atoms with van der Waals surface area (Å²) in [4.78, 5) is 12.6. The van der Waals surface area contributed by atoms with Gasteiger partial charge in [0.2, 0.25) is 0 Å². The van der Waals surface area contributed by atoms with Gasteiger partial charge in [0.1, 0.15) is 0 Å². The predicted octanol–water partition coefficient (Wildman–Crippen LogP) is 3.45. The number of benzene rings is 1. The molecule has 0 heterocycles. The molecule has 1 rings (SSSR count). The molecule has 0 fully saturated rings. The largest absolute Gasteiger partial charge is 0.505 e. The number of nitrogens with one attached hydrogen (secondary N) is 1. The molecule has 1 unspecified atom stereocenters. The average Bonchev–Trinajstić information content (AvgIpc) is 2.29. The molecule has 3 nitrogen and oxygen atoms in total. The van der Waals surface area contributed by atoms with Gasteiger partial charge in [-0.2, -0.15) is 0 Å². The lowest BCUT2D eigenvalue weighted by atomic mass is 9.83. The van der Waals surface area contributed by atoms with E-state index in [0.29, 0.717) is 12.0 Å². The number of hydrogen-bond donors (Lipinski definition) is 2. The second-order valence-electron chi connectivity index (χ2n) is 7.55. The molecule has 118 valence electrons. The van der Waals surface area contributed by atoms with Gasteiger partial charge in [0, 0.05) is 11.0 Å². The Bertz CT molecular complexity index is 513. The van der Waals surface area contributed by atoms with Crippen molar-refractivity contribution in [3.63, 3.8) is 0 Å². The number of aromatic hydroxyl groups is 1. The number of rotatable bonds is 4. The summed E-state index contributed by atoms with van der Waals surface area (Å²) >= 11 is 0. The molecular weight excluding hydrogens is 269 g/mol. The summed E-state index contributed by atoms with van der Waals surface area (Å²) in [6, 6.07) is 3.85. The minimum atomic E-state index is -0.662. The summed E-state index contributed by atoms with van der Waals surface area (Å²) in [5.41, 5.74) is -0.0102.